The van der Waals surface area contributed by atoms with Gasteiger partial charge in [-0.2, -0.15) is 0 Å². The Morgan fingerprint density at radius 2 is 2.31 bits per heavy atom. The molecule has 1 aromatic rings. The Hall–Kier alpha value is -1.95. The quantitative estimate of drug-likeness (QED) is 0.583. The lowest BCUT2D eigenvalue weighted by Gasteiger charge is -2.11. The summed E-state index contributed by atoms with van der Waals surface area (Å²) in [6.07, 6.45) is 6.76. The Balaban J connectivity index is 2.76. The van der Waals surface area contributed by atoms with E-state index in [1.165, 1.54) is 0 Å². The Labute approximate surface area is 96.0 Å². The van der Waals surface area contributed by atoms with Crippen LogP contribution in [-0.2, 0) is 0 Å². The van der Waals surface area contributed by atoms with E-state index < -0.39 is 5.91 Å². The van der Waals surface area contributed by atoms with Gasteiger partial charge >= 0.3 is 0 Å². The number of unbranched alkanes of at least 4 members (excludes halogenated alkanes) is 1. The van der Waals surface area contributed by atoms with Gasteiger partial charge in [-0.05, 0) is 25.0 Å². The van der Waals surface area contributed by atoms with Crippen molar-refractivity contribution in [1.29, 1.82) is 0 Å². The molecule has 0 bridgehead atoms. The van der Waals surface area contributed by atoms with Crippen LogP contribution in [-0.4, -0.2) is 12.5 Å². The molecule has 0 saturated carbocycles. The maximum absolute atomic E-state index is 11.3. The van der Waals surface area contributed by atoms with Crippen LogP contribution in [0.3, 0.4) is 0 Å². The summed E-state index contributed by atoms with van der Waals surface area (Å²) in [5.41, 5.74) is 7.56. The number of terminal acetylenes is 1. The van der Waals surface area contributed by atoms with Crippen molar-refractivity contribution in [2.75, 3.05) is 11.9 Å². The molecule has 0 unspecified atom stereocenters. The van der Waals surface area contributed by atoms with Crippen LogP contribution in [0.15, 0.2) is 18.2 Å². The molecular weight excluding hydrogens is 200 g/mol. The normalized spacial score (nSPS) is 9.50. The van der Waals surface area contributed by atoms with E-state index in [0.29, 0.717) is 5.56 Å². The van der Waals surface area contributed by atoms with Crippen LogP contribution in [0, 0.1) is 19.3 Å². The minimum atomic E-state index is -0.405. The summed E-state index contributed by atoms with van der Waals surface area (Å²) in [7, 11) is 0. The largest absolute Gasteiger partial charge is 0.384 e. The third-order valence-corrected chi connectivity index (χ3v) is 2.33. The number of amides is 1. The first-order valence-corrected chi connectivity index (χ1v) is 5.23. The fraction of sp³-hybridized carbons (Fsp3) is 0.308. The molecule has 1 rings (SSSR count). The van der Waals surface area contributed by atoms with Crippen LogP contribution < -0.4 is 11.1 Å². The first-order chi connectivity index (χ1) is 7.66. The Kier molecular flexibility index (Phi) is 4.41. The first kappa shape index (κ1) is 12.1. The summed E-state index contributed by atoms with van der Waals surface area (Å²) in [6, 6.07) is 5.61. The van der Waals surface area contributed by atoms with E-state index >= 15 is 0 Å². The summed E-state index contributed by atoms with van der Waals surface area (Å²) in [6.45, 7) is 2.61. The van der Waals surface area contributed by atoms with Crippen molar-refractivity contribution in [3.05, 3.63) is 29.3 Å². The third kappa shape index (κ3) is 3.03. The number of aryl methyl sites for hydroxylation is 1. The molecule has 0 aliphatic heterocycles. The van der Waals surface area contributed by atoms with Crippen molar-refractivity contribution in [2.24, 2.45) is 5.73 Å². The standard InChI is InChI=1S/C13H16N2O/c1-3-4-5-9-15-11-8-6-7-10(2)12(11)13(14)16/h1,6-8,15H,4-5,9H2,2H3,(H2,14,16). The number of nitrogens with one attached hydrogen (secondary N) is 1. The van der Waals surface area contributed by atoms with Gasteiger partial charge in [0.1, 0.15) is 0 Å². The summed E-state index contributed by atoms with van der Waals surface area (Å²) < 4.78 is 0. The molecule has 0 atom stereocenters. The zero-order chi connectivity index (χ0) is 12.0. The molecule has 1 aromatic carbocycles. The van der Waals surface area contributed by atoms with Gasteiger partial charge in [-0.25, -0.2) is 0 Å². The van der Waals surface area contributed by atoms with Gasteiger partial charge in [-0.1, -0.05) is 12.1 Å². The van der Waals surface area contributed by atoms with Gasteiger partial charge in [0.15, 0.2) is 0 Å². The molecule has 3 N–H and O–H groups in total. The van der Waals surface area contributed by atoms with Crippen LogP contribution in [0.25, 0.3) is 0 Å². The number of carbonyl (C=O) groups excluding carboxylic acids is 1. The van der Waals surface area contributed by atoms with Crippen molar-refractivity contribution < 1.29 is 4.79 Å². The Morgan fingerprint density at radius 1 is 1.56 bits per heavy atom. The van der Waals surface area contributed by atoms with Crippen molar-refractivity contribution in [3.8, 4) is 12.3 Å². The highest BCUT2D eigenvalue weighted by atomic mass is 16.1. The van der Waals surface area contributed by atoms with Gasteiger partial charge < -0.3 is 11.1 Å². The average Bonchev–Trinajstić information content (AvgIpc) is 2.24. The molecule has 84 valence electrons. The topological polar surface area (TPSA) is 55.1 Å². The molecule has 0 radical (unpaired) electrons. The van der Waals surface area contributed by atoms with E-state index in [1.807, 2.05) is 25.1 Å². The number of anilines is 1. The molecule has 0 fully saturated rings. The van der Waals surface area contributed by atoms with Crippen LogP contribution in [0.2, 0.25) is 0 Å². The van der Waals surface area contributed by atoms with E-state index in [2.05, 4.69) is 11.2 Å². The van der Waals surface area contributed by atoms with Gasteiger partial charge in [-0.15, -0.1) is 12.3 Å². The minimum Gasteiger partial charge on any atom is -0.384 e. The maximum Gasteiger partial charge on any atom is 0.251 e. The predicted octanol–water partition coefficient (Wildman–Crippen LogP) is 1.92. The summed E-state index contributed by atoms with van der Waals surface area (Å²) in [5, 5.41) is 3.17. The van der Waals surface area contributed by atoms with Crippen molar-refractivity contribution in [3.63, 3.8) is 0 Å². The lowest BCUT2D eigenvalue weighted by atomic mass is 10.1. The number of nitrogens with two attached hydrogens (primary N) is 1. The predicted molar refractivity (Wildman–Crippen MR) is 66.3 cm³/mol. The second kappa shape index (κ2) is 5.82. The van der Waals surface area contributed by atoms with Crippen LogP contribution in [0.1, 0.15) is 28.8 Å². The number of carbonyl (C=O) groups is 1. The Bertz CT molecular complexity index is 418. The molecule has 16 heavy (non-hydrogen) atoms. The van der Waals surface area contributed by atoms with E-state index in [0.717, 1.165) is 30.6 Å². The summed E-state index contributed by atoms with van der Waals surface area (Å²) >= 11 is 0. The molecular formula is C13H16N2O. The molecule has 0 aliphatic carbocycles. The molecule has 3 nitrogen and oxygen atoms in total. The highest BCUT2D eigenvalue weighted by Crippen LogP contribution is 2.18. The van der Waals surface area contributed by atoms with Crippen LogP contribution >= 0.6 is 0 Å². The third-order valence-electron chi connectivity index (χ3n) is 2.33. The number of benzene rings is 1. The highest BCUT2D eigenvalue weighted by Gasteiger charge is 2.09. The van der Waals surface area contributed by atoms with Gasteiger partial charge in [0.2, 0.25) is 0 Å². The molecule has 0 spiro atoms. The van der Waals surface area contributed by atoms with Gasteiger partial charge in [0, 0.05) is 18.7 Å². The minimum absolute atomic E-state index is 0.405. The number of hydrogen-bond acceptors (Lipinski definition) is 2. The Morgan fingerprint density at radius 3 is 2.94 bits per heavy atom. The smallest absolute Gasteiger partial charge is 0.251 e. The molecule has 0 aromatic heterocycles. The second-order valence-electron chi connectivity index (χ2n) is 3.60. The summed E-state index contributed by atoms with van der Waals surface area (Å²) in [4.78, 5) is 11.3. The van der Waals surface area contributed by atoms with E-state index in [-0.39, 0.29) is 0 Å². The molecule has 0 aliphatic rings. The maximum atomic E-state index is 11.3. The summed E-state index contributed by atoms with van der Waals surface area (Å²) in [5.74, 6) is 2.17. The molecule has 0 heterocycles. The van der Waals surface area contributed by atoms with E-state index in [4.69, 9.17) is 12.2 Å². The van der Waals surface area contributed by atoms with Crippen molar-refractivity contribution in [2.45, 2.75) is 19.8 Å². The van der Waals surface area contributed by atoms with Crippen molar-refractivity contribution in [1.82, 2.24) is 0 Å². The van der Waals surface area contributed by atoms with Gasteiger partial charge in [0.25, 0.3) is 5.91 Å². The monoisotopic (exact) mass is 216 g/mol. The van der Waals surface area contributed by atoms with Crippen LogP contribution in [0.5, 0.6) is 0 Å². The molecule has 1 amide bonds. The molecule has 0 saturated heterocycles. The number of hydrogen-bond donors (Lipinski definition) is 2. The van der Waals surface area contributed by atoms with Gasteiger partial charge in [-0.3, -0.25) is 4.79 Å². The van der Waals surface area contributed by atoms with E-state index in [9.17, 15) is 4.79 Å². The average molecular weight is 216 g/mol. The van der Waals surface area contributed by atoms with Gasteiger partial charge in [0.05, 0.1) is 5.56 Å². The lowest BCUT2D eigenvalue weighted by molar-refractivity contribution is 0.100. The zero-order valence-corrected chi connectivity index (χ0v) is 9.42. The van der Waals surface area contributed by atoms with Crippen LogP contribution in [0.4, 0.5) is 5.69 Å². The SMILES string of the molecule is C#CCCCNc1cccc(C)c1C(N)=O. The highest BCUT2D eigenvalue weighted by molar-refractivity contribution is 5.99. The zero-order valence-electron chi connectivity index (χ0n) is 9.42. The lowest BCUT2D eigenvalue weighted by Crippen LogP contribution is -2.16. The van der Waals surface area contributed by atoms with Crippen molar-refractivity contribution >= 4 is 11.6 Å². The second-order valence-corrected chi connectivity index (χ2v) is 3.60. The fourth-order valence-electron chi connectivity index (χ4n) is 1.56. The van der Waals surface area contributed by atoms with E-state index in [1.54, 1.807) is 0 Å². The number of rotatable bonds is 5. The molecule has 3 heteroatoms. The first-order valence-electron chi connectivity index (χ1n) is 5.23. The number of primary amides is 1. The fourth-order valence-corrected chi connectivity index (χ4v) is 1.56.